The molecule has 23 heavy (non-hydrogen) atoms. The number of hydrogen-bond acceptors (Lipinski definition) is 3. The van der Waals surface area contributed by atoms with Crippen molar-refractivity contribution in [3.63, 3.8) is 0 Å². The Morgan fingerprint density at radius 1 is 1.22 bits per heavy atom. The number of rotatable bonds is 3. The van der Waals surface area contributed by atoms with Gasteiger partial charge in [0.25, 0.3) is 5.91 Å². The molecule has 7 heteroatoms. The summed E-state index contributed by atoms with van der Waals surface area (Å²) in [6.45, 7) is -0.0160. The molecule has 0 unspecified atom stereocenters. The lowest BCUT2D eigenvalue weighted by molar-refractivity contribution is -0.137. The molecule has 2 aromatic rings. The topological polar surface area (TPSA) is 66.6 Å². The quantitative estimate of drug-likeness (QED) is 0.673. The van der Waals surface area contributed by atoms with E-state index in [0.717, 1.165) is 12.1 Å². The van der Waals surface area contributed by atoms with E-state index in [1.807, 2.05) is 0 Å². The third-order valence-corrected chi connectivity index (χ3v) is 3.29. The molecule has 3 N–H and O–H groups in total. The molecule has 0 saturated heterocycles. The number of phenolic OH excluding ortho intramolecular Hbond substituents is 1. The van der Waals surface area contributed by atoms with Crippen LogP contribution in [-0.4, -0.2) is 23.0 Å². The fourth-order valence-electron chi connectivity index (χ4n) is 2.13. The standard InChI is InChI=1S/C16H15F3N2O2/c1-21(15(23)13-8-12(22)5-6-14(13)20)9-10-3-2-4-11(7-10)16(17,18)19/h2-8,22H,9,20H2,1H3. The molecule has 0 spiro atoms. The van der Waals surface area contributed by atoms with Crippen molar-refractivity contribution in [3.8, 4) is 5.75 Å². The molecule has 0 saturated carbocycles. The monoisotopic (exact) mass is 324 g/mol. The average Bonchev–Trinajstić information content (AvgIpc) is 2.48. The highest BCUT2D eigenvalue weighted by Crippen LogP contribution is 2.30. The summed E-state index contributed by atoms with van der Waals surface area (Å²) >= 11 is 0. The molecule has 0 atom stereocenters. The molecule has 0 aliphatic heterocycles. The second-order valence-electron chi connectivity index (χ2n) is 5.13. The number of nitrogens with two attached hydrogens (primary N) is 1. The predicted octanol–water partition coefficient (Wildman–Crippen LogP) is 3.27. The zero-order valence-electron chi connectivity index (χ0n) is 12.3. The Morgan fingerprint density at radius 2 is 1.91 bits per heavy atom. The highest BCUT2D eigenvalue weighted by Gasteiger charge is 2.30. The van der Waals surface area contributed by atoms with Crippen LogP contribution in [0.4, 0.5) is 18.9 Å². The highest BCUT2D eigenvalue weighted by molar-refractivity contribution is 5.99. The lowest BCUT2D eigenvalue weighted by Gasteiger charge is -2.19. The van der Waals surface area contributed by atoms with E-state index < -0.39 is 17.6 Å². The van der Waals surface area contributed by atoms with Gasteiger partial charge in [-0.1, -0.05) is 12.1 Å². The van der Waals surface area contributed by atoms with Gasteiger partial charge in [-0.2, -0.15) is 13.2 Å². The zero-order chi connectivity index (χ0) is 17.2. The van der Waals surface area contributed by atoms with Gasteiger partial charge in [-0.15, -0.1) is 0 Å². The van der Waals surface area contributed by atoms with E-state index in [4.69, 9.17) is 5.73 Å². The van der Waals surface area contributed by atoms with Crippen molar-refractivity contribution in [2.75, 3.05) is 12.8 Å². The van der Waals surface area contributed by atoms with Gasteiger partial charge >= 0.3 is 6.18 Å². The predicted molar refractivity (Wildman–Crippen MR) is 79.8 cm³/mol. The lowest BCUT2D eigenvalue weighted by Crippen LogP contribution is -2.27. The number of carbonyl (C=O) groups is 1. The Kier molecular flexibility index (Phi) is 4.49. The van der Waals surface area contributed by atoms with Crippen molar-refractivity contribution >= 4 is 11.6 Å². The number of phenols is 1. The maximum Gasteiger partial charge on any atom is 0.416 e. The molecular weight excluding hydrogens is 309 g/mol. The molecule has 122 valence electrons. The Morgan fingerprint density at radius 3 is 2.57 bits per heavy atom. The summed E-state index contributed by atoms with van der Waals surface area (Å²) in [4.78, 5) is 13.6. The maximum absolute atomic E-state index is 12.7. The number of anilines is 1. The van der Waals surface area contributed by atoms with E-state index in [9.17, 15) is 23.1 Å². The van der Waals surface area contributed by atoms with Crippen LogP contribution in [0.2, 0.25) is 0 Å². The first-order valence-corrected chi connectivity index (χ1v) is 6.68. The molecule has 1 amide bonds. The van der Waals surface area contributed by atoms with Crippen LogP contribution in [0.5, 0.6) is 5.75 Å². The van der Waals surface area contributed by atoms with Gasteiger partial charge in [-0.05, 0) is 35.9 Å². The number of halogens is 3. The average molecular weight is 324 g/mol. The van der Waals surface area contributed by atoms with Gasteiger partial charge in [0.1, 0.15) is 5.75 Å². The number of alkyl halides is 3. The van der Waals surface area contributed by atoms with Gasteiger partial charge in [0, 0.05) is 19.3 Å². The van der Waals surface area contributed by atoms with Crippen molar-refractivity contribution in [3.05, 3.63) is 59.2 Å². The van der Waals surface area contributed by atoms with Crippen molar-refractivity contribution in [1.82, 2.24) is 4.90 Å². The zero-order valence-corrected chi connectivity index (χ0v) is 12.3. The smallest absolute Gasteiger partial charge is 0.416 e. The van der Waals surface area contributed by atoms with Crippen LogP contribution < -0.4 is 5.73 Å². The molecule has 2 aromatic carbocycles. The van der Waals surface area contributed by atoms with E-state index in [1.165, 1.54) is 42.3 Å². The van der Waals surface area contributed by atoms with Gasteiger partial charge in [-0.3, -0.25) is 4.79 Å². The molecule has 0 aliphatic carbocycles. The van der Waals surface area contributed by atoms with E-state index in [2.05, 4.69) is 0 Å². The van der Waals surface area contributed by atoms with Crippen LogP contribution in [0, 0.1) is 0 Å². The van der Waals surface area contributed by atoms with E-state index in [1.54, 1.807) is 0 Å². The number of nitrogens with zero attached hydrogens (tertiary/aromatic N) is 1. The summed E-state index contributed by atoms with van der Waals surface area (Å²) in [6.07, 6.45) is -4.44. The first-order chi connectivity index (χ1) is 10.7. The van der Waals surface area contributed by atoms with Gasteiger partial charge in [0.15, 0.2) is 0 Å². The van der Waals surface area contributed by atoms with Crippen molar-refractivity contribution in [2.45, 2.75) is 12.7 Å². The molecule has 0 radical (unpaired) electrons. The molecular formula is C16H15F3N2O2. The minimum absolute atomic E-state index is 0.0160. The van der Waals surface area contributed by atoms with Crippen LogP contribution >= 0.6 is 0 Å². The minimum Gasteiger partial charge on any atom is -0.508 e. The van der Waals surface area contributed by atoms with Gasteiger partial charge in [0.2, 0.25) is 0 Å². The van der Waals surface area contributed by atoms with Crippen LogP contribution in [0.3, 0.4) is 0 Å². The molecule has 0 bridgehead atoms. The third-order valence-electron chi connectivity index (χ3n) is 3.29. The molecule has 0 aromatic heterocycles. The summed E-state index contributed by atoms with van der Waals surface area (Å²) < 4.78 is 38.1. The summed E-state index contributed by atoms with van der Waals surface area (Å²) in [5.74, 6) is -0.606. The number of carbonyl (C=O) groups excluding carboxylic acids is 1. The summed E-state index contributed by atoms with van der Waals surface area (Å²) in [5, 5.41) is 9.43. The number of amides is 1. The highest BCUT2D eigenvalue weighted by atomic mass is 19.4. The van der Waals surface area contributed by atoms with Crippen molar-refractivity contribution in [1.29, 1.82) is 0 Å². The SMILES string of the molecule is CN(Cc1cccc(C(F)(F)F)c1)C(=O)c1cc(O)ccc1N. The molecule has 0 fully saturated rings. The summed E-state index contributed by atoms with van der Waals surface area (Å²) in [5.41, 5.74) is 5.55. The number of aromatic hydroxyl groups is 1. The second kappa shape index (κ2) is 6.20. The minimum atomic E-state index is -4.44. The van der Waals surface area contributed by atoms with Crippen molar-refractivity contribution in [2.24, 2.45) is 0 Å². The van der Waals surface area contributed by atoms with Crippen LogP contribution in [-0.2, 0) is 12.7 Å². The van der Waals surface area contributed by atoms with Gasteiger partial charge in [-0.25, -0.2) is 0 Å². The Labute approximate surface area is 131 Å². The Bertz CT molecular complexity index is 730. The van der Waals surface area contributed by atoms with Crippen molar-refractivity contribution < 1.29 is 23.1 Å². The van der Waals surface area contributed by atoms with Crippen LogP contribution in [0.15, 0.2) is 42.5 Å². The van der Waals surface area contributed by atoms with Crippen LogP contribution in [0.25, 0.3) is 0 Å². The van der Waals surface area contributed by atoms with E-state index in [0.29, 0.717) is 5.56 Å². The number of benzene rings is 2. The fourth-order valence-corrected chi connectivity index (χ4v) is 2.13. The number of hydrogen-bond donors (Lipinski definition) is 2. The normalized spacial score (nSPS) is 11.3. The Balaban J connectivity index is 2.20. The molecule has 4 nitrogen and oxygen atoms in total. The maximum atomic E-state index is 12.7. The molecule has 2 rings (SSSR count). The van der Waals surface area contributed by atoms with E-state index in [-0.39, 0.29) is 23.5 Å². The summed E-state index contributed by atoms with van der Waals surface area (Å²) in [6, 6.07) is 8.72. The largest absolute Gasteiger partial charge is 0.508 e. The number of nitrogen functional groups attached to an aromatic ring is 1. The molecule has 0 aliphatic rings. The van der Waals surface area contributed by atoms with E-state index >= 15 is 0 Å². The first kappa shape index (κ1) is 16.7. The van der Waals surface area contributed by atoms with Crippen LogP contribution in [0.1, 0.15) is 21.5 Å². The van der Waals surface area contributed by atoms with Gasteiger partial charge in [0.05, 0.1) is 11.1 Å². The Hall–Kier alpha value is -2.70. The summed E-state index contributed by atoms with van der Waals surface area (Å²) in [7, 11) is 1.45. The third kappa shape index (κ3) is 3.94. The molecule has 0 heterocycles. The first-order valence-electron chi connectivity index (χ1n) is 6.68. The fraction of sp³-hybridized carbons (Fsp3) is 0.188. The lowest BCUT2D eigenvalue weighted by atomic mass is 10.1. The van der Waals surface area contributed by atoms with Gasteiger partial charge < -0.3 is 15.7 Å². The second-order valence-corrected chi connectivity index (χ2v) is 5.13.